The van der Waals surface area contributed by atoms with Gasteiger partial charge in [0.15, 0.2) is 5.78 Å². The summed E-state index contributed by atoms with van der Waals surface area (Å²) in [4.78, 5) is 26.0. The largest absolute Gasteiger partial charge is 0.489 e. The molecule has 3 rings (SSSR count). The standard InChI is InChI=1S/C22H26Cl2INO4/c1-5-6-29-18-10-17(24)16(23)9-15(18)20(27)19-13(7-12-8-14(12)19)11-26(25)21(28)30-22(2,3)4/h5,9-10,12-14,19H,1,6-8,11H2,2-4H3. The molecule has 2 aliphatic carbocycles. The van der Waals surface area contributed by atoms with Crippen molar-refractivity contribution in [2.75, 3.05) is 13.2 Å². The summed E-state index contributed by atoms with van der Waals surface area (Å²) in [5.74, 6) is 1.16. The van der Waals surface area contributed by atoms with E-state index in [4.69, 9.17) is 32.7 Å². The predicted octanol–water partition coefficient (Wildman–Crippen LogP) is 6.60. The number of ketones is 1. The minimum Gasteiger partial charge on any atom is -0.489 e. The molecule has 0 radical (unpaired) electrons. The Bertz CT molecular complexity index is 854. The van der Waals surface area contributed by atoms with Gasteiger partial charge in [0.2, 0.25) is 0 Å². The number of hydrogen-bond donors (Lipinski definition) is 0. The molecule has 0 aliphatic heterocycles. The normalized spacial score (nSPS) is 24.7. The third kappa shape index (κ3) is 5.43. The zero-order valence-electron chi connectivity index (χ0n) is 17.3. The van der Waals surface area contributed by atoms with Crippen molar-refractivity contribution >= 4 is 57.9 Å². The van der Waals surface area contributed by atoms with Crippen molar-refractivity contribution in [3.05, 3.63) is 40.4 Å². The van der Waals surface area contributed by atoms with E-state index >= 15 is 0 Å². The Kier molecular flexibility index (Phi) is 7.30. The van der Waals surface area contributed by atoms with Crippen LogP contribution in [0.25, 0.3) is 0 Å². The summed E-state index contributed by atoms with van der Waals surface area (Å²) in [5, 5.41) is 0.653. The molecule has 4 atom stereocenters. The zero-order chi connectivity index (χ0) is 22.2. The molecule has 0 N–H and O–H groups in total. The molecule has 0 bridgehead atoms. The van der Waals surface area contributed by atoms with Gasteiger partial charge in [0.1, 0.15) is 18.0 Å². The van der Waals surface area contributed by atoms with Gasteiger partial charge < -0.3 is 9.47 Å². The topological polar surface area (TPSA) is 55.8 Å². The Morgan fingerprint density at radius 3 is 2.57 bits per heavy atom. The summed E-state index contributed by atoms with van der Waals surface area (Å²) in [6, 6.07) is 3.17. The molecule has 4 unspecified atom stereocenters. The van der Waals surface area contributed by atoms with Crippen LogP contribution in [0.2, 0.25) is 10.0 Å². The minimum atomic E-state index is -0.564. The average Bonchev–Trinajstić information content (AvgIpc) is 3.31. The molecule has 0 heterocycles. The molecule has 0 saturated heterocycles. The fraction of sp³-hybridized carbons (Fsp3) is 0.545. The van der Waals surface area contributed by atoms with Crippen molar-refractivity contribution < 1.29 is 19.1 Å². The van der Waals surface area contributed by atoms with E-state index in [9.17, 15) is 9.59 Å². The lowest BCUT2D eigenvalue weighted by Crippen LogP contribution is -2.36. The molecular formula is C22H26Cl2INO4. The monoisotopic (exact) mass is 565 g/mol. The molecule has 5 nitrogen and oxygen atoms in total. The number of carbonyl (C=O) groups excluding carboxylic acids is 2. The SMILES string of the molecule is C=CCOc1cc(Cl)c(Cl)cc1C(=O)C1C(CN(I)C(=O)OC(C)(C)C)CC2CC21. The van der Waals surface area contributed by atoms with Gasteiger partial charge in [0, 0.05) is 18.5 Å². The van der Waals surface area contributed by atoms with Crippen LogP contribution in [-0.4, -0.2) is 33.7 Å². The fourth-order valence-electron chi connectivity index (χ4n) is 4.22. The number of amides is 1. The molecule has 164 valence electrons. The van der Waals surface area contributed by atoms with Crippen LogP contribution in [0.15, 0.2) is 24.8 Å². The predicted molar refractivity (Wildman–Crippen MR) is 127 cm³/mol. The molecule has 1 aromatic rings. The number of fused-ring (bicyclic) bond motifs is 1. The second-order valence-electron chi connectivity index (χ2n) is 8.93. The van der Waals surface area contributed by atoms with Crippen molar-refractivity contribution in [3.8, 4) is 5.75 Å². The molecule has 1 aromatic carbocycles. The van der Waals surface area contributed by atoms with E-state index in [0.29, 0.717) is 39.7 Å². The Hall–Kier alpha value is -0.990. The van der Waals surface area contributed by atoms with Crippen molar-refractivity contribution in [1.82, 2.24) is 3.11 Å². The van der Waals surface area contributed by atoms with Gasteiger partial charge in [-0.25, -0.2) is 7.91 Å². The highest BCUT2D eigenvalue weighted by Crippen LogP contribution is 2.59. The summed E-state index contributed by atoms with van der Waals surface area (Å²) in [6.07, 6.45) is 3.19. The van der Waals surface area contributed by atoms with Crippen LogP contribution in [0.5, 0.6) is 5.75 Å². The lowest BCUT2D eigenvalue weighted by Gasteiger charge is -2.28. The second kappa shape index (κ2) is 9.25. The van der Waals surface area contributed by atoms with Gasteiger partial charge >= 0.3 is 6.09 Å². The van der Waals surface area contributed by atoms with Crippen LogP contribution in [0.4, 0.5) is 4.79 Å². The molecule has 2 fully saturated rings. The Balaban J connectivity index is 1.80. The molecular weight excluding hydrogens is 540 g/mol. The second-order valence-corrected chi connectivity index (χ2v) is 10.9. The third-order valence-corrected chi connectivity index (χ3v) is 7.00. The van der Waals surface area contributed by atoms with Gasteiger partial charge in [0.25, 0.3) is 0 Å². The fourth-order valence-corrected chi connectivity index (χ4v) is 5.15. The van der Waals surface area contributed by atoms with Crippen LogP contribution in [0, 0.1) is 23.7 Å². The highest BCUT2D eigenvalue weighted by Gasteiger charge is 2.56. The molecule has 30 heavy (non-hydrogen) atoms. The Morgan fingerprint density at radius 2 is 1.93 bits per heavy atom. The first-order valence-corrected chi connectivity index (χ1v) is 11.7. The number of halogens is 3. The van der Waals surface area contributed by atoms with Crippen molar-refractivity contribution in [1.29, 1.82) is 0 Å². The van der Waals surface area contributed by atoms with Crippen LogP contribution < -0.4 is 4.74 Å². The summed E-state index contributed by atoms with van der Waals surface area (Å²) < 4.78 is 12.7. The first kappa shape index (κ1) is 23.7. The first-order chi connectivity index (χ1) is 14.0. The maximum Gasteiger partial charge on any atom is 0.419 e. The number of rotatable bonds is 7. The number of hydrogen-bond acceptors (Lipinski definition) is 4. The van der Waals surface area contributed by atoms with E-state index in [1.807, 2.05) is 43.6 Å². The van der Waals surface area contributed by atoms with E-state index < -0.39 is 5.60 Å². The van der Waals surface area contributed by atoms with Gasteiger partial charge in [-0.15, -0.1) is 0 Å². The Morgan fingerprint density at radius 1 is 1.27 bits per heavy atom. The van der Waals surface area contributed by atoms with E-state index in [1.54, 1.807) is 21.3 Å². The number of carbonyl (C=O) groups is 2. The lowest BCUT2D eigenvalue weighted by molar-refractivity contribution is 0.0399. The highest BCUT2D eigenvalue weighted by atomic mass is 127. The Labute approximate surface area is 201 Å². The zero-order valence-corrected chi connectivity index (χ0v) is 21.0. The quantitative estimate of drug-likeness (QED) is 0.162. The molecule has 2 aliphatic rings. The number of Topliss-reactive ketones (excluding diaryl/α,β-unsaturated/α-hetero) is 1. The van der Waals surface area contributed by atoms with Crippen LogP contribution in [0.1, 0.15) is 44.0 Å². The minimum absolute atomic E-state index is 0.00313. The first-order valence-electron chi connectivity index (χ1n) is 9.95. The maximum atomic E-state index is 13.6. The third-order valence-electron chi connectivity index (χ3n) is 5.49. The van der Waals surface area contributed by atoms with Gasteiger partial charge in [-0.05, 0) is 57.4 Å². The average molecular weight is 566 g/mol. The van der Waals surface area contributed by atoms with E-state index in [0.717, 1.165) is 12.8 Å². The van der Waals surface area contributed by atoms with Gasteiger partial charge in [-0.3, -0.25) is 4.79 Å². The summed E-state index contributed by atoms with van der Waals surface area (Å²) in [7, 11) is 0. The molecule has 8 heteroatoms. The van der Waals surface area contributed by atoms with Gasteiger partial charge in [-0.1, -0.05) is 35.9 Å². The van der Waals surface area contributed by atoms with Crippen LogP contribution in [-0.2, 0) is 4.74 Å². The van der Waals surface area contributed by atoms with E-state index in [2.05, 4.69) is 6.58 Å². The summed E-state index contributed by atoms with van der Waals surface area (Å²) in [6.45, 7) is 9.88. The maximum absolute atomic E-state index is 13.6. The van der Waals surface area contributed by atoms with Gasteiger partial charge in [-0.2, -0.15) is 0 Å². The van der Waals surface area contributed by atoms with Crippen molar-refractivity contribution in [2.45, 2.75) is 39.2 Å². The lowest BCUT2D eigenvalue weighted by atomic mass is 9.84. The number of nitrogens with zero attached hydrogens (tertiary/aromatic N) is 1. The smallest absolute Gasteiger partial charge is 0.419 e. The van der Waals surface area contributed by atoms with E-state index in [-0.39, 0.29) is 30.3 Å². The number of benzene rings is 1. The molecule has 1 amide bonds. The van der Waals surface area contributed by atoms with Crippen LogP contribution >= 0.6 is 46.1 Å². The van der Waals surface area contributed by atoms with Crippen molar-refractivity contribution in [3.63, 3.8) is 0 Å². The molecule has 0 aromatic heterocycles. The van der Waals surface area contributed by atoms with E-state index in [1.165, 1.54) is 0 Å². The molecule has 0 spiro atoms. The summed E-state index contributed by atoms with van der Waals surface area (Å²) >= 11 is 14.3. The van der Waals surface area contributed by atoms with Crippen LogP contribution in [0.3, 0.4) is 0 Å². The number of ether oxygens (including phenoxy) is 2. The molecule has 2 saturated carbocycles. The van der Waals surface area contributed by atoms with Gasteiger partial charge in [0.05, 0.1) is 38.5 Å². The van der Waals surface area contributed by atoms with Crippen molar-refractivity contribution in [2.24, 2.45) is 23.7 Å². The summed E-state index contributed by atoms with van der Waals surface area (Å²) in [5.41, 5.74) is -0.128. The highest BCUT2D eigenvalue weighted by molar-refractivity contribution is 14.1.